The minimum absolute atomic E-state index is 0.583. The van der Waals surface area contributed by atoms with E-state index in [1.165, 1.54) is 0 Å². The fraction of sp³-hybridized carbons (Fsp3) is 0.242. The number of rotatable bonds is 6. The molecule has 0 aliphatic carbocycles. The van der Waals surface area contributed by atoms with Crippen molar-refractivity contribution in [2.45, 2.75) is 45.8 Å². The summed E-state index contributed by atoms with van der Waals surface area (Å²) in [5.74, 6) is 0.378. The Kier molecular flexibility index (Phi) is 6.80. The van der Waals surface area contributed by atoms with Crippen LogP contribution in [0.5, 0.6) is 5.75 Å². The molecule has 208 valence electrons. The molecule has 0 amide bonds. The Bertz CT molecular complexity index is 1800. The topological polar surface area (TPSA) is 93.6 Å². The van der Waals surface area contributed by atoms with Crippen LogP contribution in [0.2, 0.25) is 5.02 Å². The first-order valence-electron chi connectivity index (χ1n) is 13.5. The second-order valence-corrected chi connectivity index (χ2v) is 11.7. The van der Waals surface area contributed by atoms with Gasteiger partial charge < -0.3 is 19.9 Å². The minimum atomic E-state index is -1.21. The summed E-state index contributed by atoms with van der Waals surface area (Å²) in [6, 6.07) is 19.1. The van der Waals surface area contributed by atoms with Crippen LogP contribution in [0.4, 0.5) is 11.5 Å². The zero-order chi connectivity index (χ0) is 28.9. The van der Waals surface area contributed by atoms with Crippen molar-refractivity contribution < 1.29 is 19.4 Å². The quantitative estimate of drug-likeness (QED) is 0.214. The van der Waals surface area contributed by atoms with Gasteiger partial charge in [0.25, 0.3) is 0 Å². The molecule has 0 radical (unpaired) electrons. The van der Waals surface area contributed by atoms with Crippen molar-refractivity contribution >= 4 is 50.9 Å². The molecule has 0 saturated carbocycles. The number of carboxylic acids is 1. The Labute approximate surface area is 243 Å². The van der Waals surface area contributed by atoms with Gasteiger partial charge >= 0.3 is 5.97 Å². The SMILES string of the molecule is Cc1cc2nc(Nc3ccc(Cl)cc3)ccc2c(-c2ccc3c4c(ccnc24)CCO3)c1C(OC(C)(C)C)C(=O)O. The normalized spacial score (nSPS) is 13.7. The van der Waals surface area contributed by atoms with E-state index in [0.717, 1.165) is 61.9 Å². The number of halogens is 1. The van der Waals surface area contributed by atoms with E-state index in [0.29, 0.717) is 23.0 Å². The lowest BCUT2D eigenvalue weighted by molar-refractivity contribution is -0.160. The monoisotopic (exact) mass is 567 g/mol. The molecule has 2 N–H and O–H groups in total. The molecular formula is C33H30ClN3O4. The summed E-state index contributed by atoms with van der Waals surface area (Å²) in [6.07, 6.45) is 1.38. The third-order valence-corrected chi connectivity index (χ3v) is 7.41. The van der Waals surface area contributed by atoms with Crippen LogP contribution in [-0.2, 0) is 16.0 Å². The van der Waals surface area contributed by atoms with E-state index >= 15 is 0 Å². The first kappa shape index (κ1) is 27.0. The van der Waals surface area contributed by atoms with Gasteiger partial charge in [-0.25, -0.2) is 9.78 Å². The number of nitrogens with one attached hydrogen (secondary N) is 1. The number of nitrogens with zero attached hydrogens (tertiary/aromatic N) is 2. The van der Waals surface area contributed by atoms with Crippen molar-refractivity contribution in [2.75, 3.05) is 11.9 Å². The molecule has 7 nitrogen and oxygen atoms in total. The number of hydrogen-bond acceptors (Lipinski definition) is 6. The molecular weight excluding hydrogens is 538 g/mol. The van der Waals surface area contributed by atoms with Crippen molar-refractivity contribution in [2.24, 2.45) is 0 Å². The predicted octanol–water partition coefficient (Wildman–Crippen LogP) is 8.03. The number of fused-ring (bicyclic) bond motifs is 1. The molecule has 1 aliphatic rings. The molecule has 3 aromatic carbocycles. The molecule has 2 aromatic heterocycles. The molecule has 41 heavy (non-hydrogen) atoms. The van der Waals surface area contributed by atoms with Gasteiger partial charge in [0.1, 0.15) is 11.6 Å². The summed E-state index contributed by atoms with van der Waals surface area (Å²) in [5.41, 5.74) is 5.69. The maximum atomic E-state index is 12.8. The Morgan fingerprint density at radius 3 is 2.61 bits per heavy atom. The Balaban J connectivity index is 1.62. The molecule has 0 spiro atoms. The molecule has 0 bridgehead atoms. The Morgan fingerprint density at radius 2 is 1.88 bits per heavy atom. The van der Waals surface area contributed by atoms with Gasteiger partial charge in [-0.1, -0.05) is 11.6 Å². The zero-order valence-corrected chi connectivity index (χ0v) is 24.0. The van der Waals surface area contributed by atoms with Crippen LogP contribution in [0.3, 0.4) is 0 Å². The standard InChI is InChI=1S/C33H30ClN3O4/c1-18-17-24-22(10-12-26(37-24)36-21-7-5-20(34)6-8-21)29(27(18)31(32(38)39)41-33(2,3)4)23-9-11-25-28-19(14-16-40-25)13-15-35-30(23)28/h5-13,15,17,31H,14,16H2,1-4H3,(H,36,37)(H,38,39). The van der Waals surface area contributed by atoms with Gasteiger partial charge in [0, 0.05) is 45.2 Å². The van der Waals surface area contributed by atoms with Crippen LogP contribution in [-0.4, -0.2) is 33.3 Å². The Hall–Kier alpha value is -4.20. The van der Waals surface area contributed by atoms with Crippen LogP contribution >= 0.6 is 11.6 Å². The third kappa shape index (κ3) is 5.19. The van der Waals surface area contributed by atoms with Crippen LogP contribution < -0.4 is 10.1 Å². The summed E-state index contributed by atoms with van der Waals surface area (Å²) in [7, 11) is 0. The fourth-order valence-corrected chi connectivity index (χ4v) is 5.62. The largest absolute Gasteiger partial charge is 0.493 e. The second kappa shape index (κ2) is 10.3. The number of carbonyl (C=O) groups is 1. The lowest BCUT2D eigenvalue weighted by Gasteiger charge is -2.29. The minimum Gasteiger partial charge on any atom is -0.493 e. The second-order valence-electron chi connectivity index (χ2n) is 11.2. The number of hydrogen-bond donors (Lipinski definition) is 2. The van der Waals surface area contributed by atoms with Crippen LogP contribution in [0.15, 0.2) is 66.9 Å². The zero-order valence-electron chi connectivity index (χ0n) is 23.3. The van der Waals surface area contributed by atoms with Crippen molar-refractivity contribution in [3.8, 4) is 16.9 Å². The molecule has 1 atom stereocenters. The lowest BCUT2D eigenvalue weighted by atomic mass is 9.86. The number of pyridine rings is 2. The van der Waals surface area contributed by atoms with Gasteiger partial charge in [-0.2, -0.15) is 0 Å². The lowest BCUT2D eigenvalue weighted by Crippen LogP contribution is -2.28. The van der Waals surface area contributed by atoms with Gasteiger partial charge in [-0.3, -0.25) is 4.98 Å². The average molecular weight is 568 g/mol. The van der Waals surface area contributed by atoms with Crippen molar-refractivity contribution in [1.82, 2.24) is 9.97 Å². The van der Waals surface area contributed by atoms with Crippen LogP contribution in [0.25, 0.3) is 32.9 Å². The van der Waals surface area contributed by atoms with Crippen molar-refractivity contribution in [3.05, 3.63) is 88.6 Å². The van der Waals surface area contributed by atoms with Crippen LogP contribution in [0, 0.1) is 6.92 Å². The van der Waals surface area contributed by atoms with Gasteiger partial charge in [0.15, 0.2) is 6.10 Å². The first-order valence-corrected chi connectivity index (χ1v) is 13.9. The molecule has 3 heterocycles. The summed E-state index contributed by atoms with van der Waals surface area (Å²) >= 11 is 6.05. The summed E-state index contributed by atoms with van der Waals surface area (Å²) < 4.78 is 12.2. The third-order valence-electron chi connectivity index (χ3n) is 7.15. The maximum Gasteiger partial charge on any atom is 0.337 e. The highest BCUT2D eigenvalue weighted by molar-refractivity contribution is 6.30. The number of carboxylic acid groups (broad SMARTS) is 1. The molecule has 0 saturated heterocycles. The number of benzene rings is 3. The maximum absolute atomic E-state index is 12.8. The van der Waals surface area contributed by atoms with Gasteiger partial charge in [-0.15, -0.1) is 0 Å². The van der Waals surface area contributed by atoms with E-state index in [1.807, 2.05) is 88.4 Å². The summed E-state index contributed by atoms with van der Waals surface area (Å²) in [5, 5.41) is 16.2. The number of aliphatic carboxylic acids is 1. The summed E-state index contributed by atoms with van der Waals surface area (Å²) in [4.78, 5) is 22.5. The van der Waals surface area contributed by atoms with Crippen molar-refractivity contribution in [1.29, 1.82) is 0 Å². The van der Waals surface area contributed by atoms with E-state index in [-0.39, 0.29) is 0 Å². The van der Waals surface area contributed by atoms with E-state index < -0.39 is 17.7 Å². The number of anilines is 2. The van der Waals surface area contributed by atoms with E-state index in [4.69, 9.17) is 31.0 Å². The number of ether oxygens (including phenoxy) is 2. The molecule has 5 aromatic rings. The highest BCUT2D eigenvalue weighted by atomic mass is 35.5. The molecule has 0 fully saturated rings. The summed E-state index contributed by atoms with van der Waals surface area (Å²) in [6.45, 7) is 8.09. The smallest absolute Gasteiger partial charge is 0.337 e. The average Bonchev–Trinajstić information content (AvgIpc) is 2.92. The van der Waals surface area contributed by atoms with E-state index in [1.54, 1.807) is 6.20 Å². The van der Waals surface area contributed by atoms with Crippen molar-refractivity contribution in [3.63, 3.8) is 0 Å². The van der Waals surface area contributed by atoms with Gasteiger partial charge in [0.05, 0.1) is 23.2 Å². The first-order chi connectivity index (χ1) is 19.6. The van der Waals surface area contributed by atoms with Gasteiger partial charge in [-0.05, 0) is 105 Å². The number of aryl methyl sites for hydroxylation is 1. The highest BCUT2D eigenvalue weighted by Gasteiger charge is 2.33. The number of aromatic nitrogens is 2. The molecule has 1 unspecified atom stereocenters. The fourth-order valence-electron chi connectivity index (χ4n) is 5.49. The van der Waals surface area contributed by atoms with E-state index in [9.17, 15) is 9.90 Å². The van der Waals surface area contributed by atoms with Crippen LogP contribution in [0.1, 0.15) is 43.6 Å². The highest BCUT2D eigenvalue weighted by Crippen LogP contribution is 2.45. The molecule has 8 heteroatoms. The molecule has 6 rings (SSSR count). The Morgan fingerprint density at radius 1 is 1.10 bits per heavy atom. The predicted molar refractivity (Wildman–Crippen MR) is 162 cm³/mol. The van der Waals surface area contributed by atoms with Gasteiger partial charge in [0.2, 0.25) is 0 Å². The molecule has 1 aliphatic heterocycles. The van der Waals surface area contributed by atoms with E-state index in [2.05, 4.69) is 5.32 Å².